The highest BCUT2D eigenvalue weighted by atomic mass is 19.1. The van der Waals surface area contributed by atoms with Crippen molar-refractivity contribution in [3.8, 4) is 0 Å². The van der Waals surface area contributed by atoms with E-state index in [0.717, 1.165) is 0 Å². The molecule has 0 unspecified atom stereocenters. The van der Waals surface area contributed by atoms with Crippen LogP contribution >= 0.6 is 0 Å². The largest absolute Gasteiger partial charge is 0.396 e. The van der Waals surface area contributed by atoms with Crippen LogP contribution in [0.25, 0.3) is 0 Å². The zero-order valence-electron chi connectivity index (χ0n) is 12.8. The lowest BCUT2D eigenvalue weighted by molar-refractivity contribution is -0.137. The number of nitrogens with one attached hydrogen (secondary N) is 1. The molecular weight excluding hydrogens is 289 g/mol. The van der Waals surface area contributed by atoms with Crippen LogP contribution < -0.4 is 5.32 Å². The standard InChI is InChI=1S/C16H22FNO4/c1-16(2,10-19)14(21)15(22)18-7-6-13(20)9-11-4-3-5-12(17)8-11/h3-5,8,14,19,21H,6-7,9-10H2,1-2H3,(H,18,22)/t14-/m0/s1. The summed E-state index contributed by atoms with van der Waals surface area (Å²) in [7, 11) is 0. The third-order valence-electron chi connectivity index (χ3n) is 3.39. The second-order valence-electron chi connectivity index (χ2n) is 5.94. The third-order valence-corrected chi connectivity index (χ3v) is 3.39. The second-order valence-corrected chi connectivity index (χ2v) is 5.94. The summed E-state index contributed by atoms with van der Waals surface area (Å²) < 4.78 is 13.0. The summed E-state index contributed by atoms with van der Waals surface area (Å²) in [5, 5.41) is 21.3. The Labute approximate surface area is 129 Å². The summed E-state index contributed by atoms with van der Waals surface area (Å²) >= 11 is 0. The summed E-state index contributed by atoms with van der Waals surface area (Å²) in [5.41, 5.74) is -0.367. The van der Waals surface area contributed by atoms with Crippen molar-refractivity contribution in [1.29, 1.82) is 0 Å². The summed E-state index contributed by atoms with van der Waals surface area (Å²) in [5.74, 6) is -1.16. The van der Waals surface area contributed by atoms with E-state index in [9.17, 15) is 19.1 Å². The van der Waals surface area contributed by atoms with Gasteiger partial charge in [-0.25, -0.2) is 4.39 Å². The number of halogens is 1. The molecule has 0 bridgehead atoms. The lowest BCUT2D eigenvalue weighted by Gasteiger charge is -2.27. The first kappa shape index (κ1) is 18.3. The van der Waals surface area contributed by atoms with Crippen molar-refractivity contribution in [2.45, 2.75) is 32.8 Å². The predicted octanol–water partition coefficient (Wildman–Crippen LogP) is 0.823. The molecule has 6 heteroatoms. The Bertz CT molecular complexity index is 531. The van der Waals surface area contributed by atoms with Crippen LogP contribution in [-0.4, -0.2) is 41.2 Å². The Morgan fingerprint density at radius 1 is 1.36 bits per heavy atom. The number of Topliss-reactive ketones (excluding diaryl/α,β-unsaturated/α-hetero) is 1. The number of aliphatic hydroxyl groups is 2. The van der Waals surface area contributed by atoms with E-state index in [0.29, 0.717) is 5.56 Å². The van der Waals surface area contributed by atoms with Gasteiger partial charge in [-0.05, 0) is 17.7 Å². The fraction of sp³-hybridized carbons (Fsp3) is 0.500. The SMILES string of the molecule is CC(C)(CO)[C@@H](O)C(=O)NCCC(=O)Cc1cccc(F)c1. The van der Waals surface area contributed by atoms with Crippen LogP contribution in [0.4, 0.5) is 4.39 Å². The predicted molar refractivity (Wildman–Crippen MR) is 79.6 cm³/mol. The summed E-state index contributed by atoms with van der Waals surface area (Å²) in [6.45, 7) is 2.88. The van der Waals surface area contributed by atoms with E-state index < -0.39 is 23.2 Å². The summed E-state index contributed by atoms with van der Waals surface area (Å²) in [6, 6.07) is 5.79. The van der Waals surface area contributed by atoms with Gasteiger partial charge in [0.25, 0.3) is 0 Å². The van der Waals surface area contributed by atoms with E-state index in [-0.39, 0.29) is 31.8 Å². The molecule has 0 saturated carbocycles. The maximum absolute atomic E-state index is 13.0. The molecule has 0 spiro atoms. The first-order valence-electron chi connectivity index (χ1n) is 7.09. The van der Waals surface area contributed by atoms with Crippen LogP contribution in [0.3, 0.4) is 0 Å². The zero-order chi connectivity index (χ0) is 16.8. The minimum Gasteiger partial charge on any atom is -0.396 e. The molecule has 1 amide bonds. The van der Waals surface area contributed by atoms with Crippen LogP contribution in [0.1, 0.15) is 25.8 Å². The van der Waals surface area contributed by atoms with Gasteiger partial charge in [0.15, 0.2) is 0 Å². The molecule has 122 valence electrons. The molecule has 1 aromatic rings. The van der Waals surface area contributed by atoms with Crippen molar-refractivity contribution >= 4 is 11.7 Å². The van der Waals surface area contributed by atoms with Crippen molar-refractivity contribution < 1.29 is 24.2 Å². The van der Waals surface area contributed by atoms with Gasteiger partial charge < -0.3 is 15.5 Å². The highest BCUT2D eigenvalue weighted by Crippen LogP contribution is 2.19. The molecule has 5 nitrogen and oxygen atoms in total. The fourth-order valence-corrected chi connectivity index (χ4v) is 1.83. The van der Waals surface area contributed by atoms with Gasteiger partial charge in [0.2, 0.25) is 5.91 Å². The molecule has 0 radical (unpaired) electrons. The smallest absolute Gasteiger partial charge is 0.249 e. The van der Waals surface area contributed by atoms with E-state index in [1.807, 2.05) is 0 Å². The van der Waals surface area contributed by atoms with E-state index >= 15 is 0 Å². The Morgan fingerprint density at radius 3 is 2.64 bits per heavy atom. The molecule has 1 aromatic carbocycles. The maximum atomic E-state index is 13.0. The summed E-state index contributed by atoms with van der Waals surface area (Å²) in [6.07, 6.45) is -1.16. The number of hydrogen-bond acceptors (Lipinski definition) is 4. The van der Waals surface area contributed by atoms with Gasteiger partial charge >= 0.3 is 0 Å². The van der Waals surface area contributed by atoms with Crippen molar-refractivity contribution in [1.82, 2.24) is 5.32 Å². The monoisotopic (exact) mass is 311 g/mol. The third kappa shape index (κ3) is 5.54. The first-order chi connectivity index (χ1) is 10.3. The van der Waals surface area contributed by atoms with E-state index in [4.69, 9.17) is 5.11 Å². The van der Waals surface area contributed by atoms with Crippen molar-refractivity contribution in [3.63, 3.8) is 0 Å². The number of benzene rings is 1. The molecule has 0 saturated heterocycles. The first-order valence-corrected chi connectivity index (χ1v) is 7.09. The number of aliphatic hydroxyl groups excluding tert-OH is 2. The molecule has 0 aliphatic rings. The van der Waals surface area contributed by atoms with E-state index in [1.165, 1.54) is 18.2 Å². The Morgan fingerprint density at radius 2 is 2.05 bits per heavy atom. The molecule has 0 heterocycles. The topological polar surface area (TPSA) is 86.6 Å². The molecule has 0 aromatic heterocycles. The van der Waals surface area contributed by atoms with Crippen molar-refractivity contribution in [2.24, 2.45) is 5.41 Å². The average molecular weight is 311 g/mol. The molecule has 0 fully saturated rings. The molecular formula is C16H22FNO4. The highest BCUT2D eigenvalue weighted by Gasteiger charge is 2.32. The quantitative estimate of drug-likeness (QED) is 0.663. The molecule has 1 atom stereocenters. The van der Waals surface area contributed by atoms with Gasteiger partial charge in [0, 0.05) is 24.8 Å². The molecule has 1 rings (SSSR count). The van der Waals surface area contributed by atoms with Crippen LogP contribution in [-0.2, 0) is 16.0 Å². The van der Waals surface area contributed by atoms with Gasteiger partial charge in [-0.3, -0.25) is 9.59 Å². The van der Waals surface area contributed by atoms with Gasteiger partial charge in [-0.2, -0.15) is 0 Å². The Hall–Kier alpha value is -1.79. The summed E-state index contributed by atoms with van der Waals surface area (Å²) in [4.78, 5) is 23.5. The van der Waals surface area contributed by atoms with Gasteiger partial charge in [-0.15, -0.1) is 0 Å². The van der Waals surface area contributed by atoms with Crippen LogP contribution in [0.2, 0.25) is 0 Å². The maximum Gasteiger partial charge on any atom is 0.249 e. The fourth-order valence-electron chi connectivity index (χ4n) is 1.83. The highest BCUT2D eigenvalue weighted by molar-refractivity contribution is 5.83. The minimum atomic E-state index is -1.35. The lowest BCUT2D eigenvalue weighted by atomic mass is 9.87. The molecule has 0 aliphatic heterocycles. The number of hydrogen-bond donors (Lipinski definition) is 3. The number of amides is 1. The van der Waals surface area contributed by atoms with Crippen molar-refractivity contribution in [2.75, 3.05) is 13.2 Å². The normalized spacial score (nSPS) is 12.8. The van der Waals surface area contributed by atoms with Gasteiger partial charge in [0.05, 0.1) is 6.61 Å². The Balaban J connectivity index is 2.38. The zero-order valence-corrected chi connectivity index (χ0v) is 12.8. The molecule has 0 aliphatic carbocycles. The van der Waals surface area contributed by atoms with Crippen molar-refractivity contribution in [3.05, 3.63) is 35.6 Å². The number of carbonyl (C=O) groups excluding carboxylic acids is 2. The molecule has 3 N–H and O–H groups in total. The Kier molecular flexibility index (Phi) is 6.64. The number of ketones is 1. The second kappa shape index (κ2) is 8.00. The lowest BCUT2D eigenvalue weighted by Crippen LogP contribution is -2.46. The van der Waals surface area contributed by atoms with E-state index in [1.54, 1.807) is 19.9 Å². The number of carbonyl (C=O) groups is 2. The van der Waals surface area contributed by atoms with Crippen LogP contribution in [0.15, 0.2) is 24.3 Å². The van der Waals surface area contributed by atoms with Crippen LogP contribution in [0.5, 0.6) is 0 Å². The average Bonchev–Trinajstić information content (AvgIpc) is 2.46. The molecule has 22 heavy (non-hydrogen) atoms. The van der Waals surface area contributed by atoms with Gasteiger partial charge in [0.1, 0.15) is 17.7 Å². The number of rotatable bonds is 8. The van der Waals surface area contributed by atoms with E-state index in [2.05, 4.69) is 5.32 Å². The van der Waals surface area contributed by atoms with Crippen LogP contribution in [0, 0.1) is 11.2 Å². The van der Waals surface area contributed by atoms with Gasteiger partial charge in [-0.1, -0.05) is 26.0 Å². The minimum absolute atomic E-state index is 0.0888.